The van der Waals surface area contributed by atoms with Gasteiger partial charge in [-0.05, 0) is 103 Å². The lowest BCUT2D eigenvalue weighted by Crippen LogP contribution is -2.41. The van der Waals surface area contributed by atoms with E-state index in [2.05, 4.69) is 129 Å². The van der Waals surface area contributed by atoms with Gasteiger partial charge >= 0.3 is 0 Å². The number of allylic oxidation sites excluding steroid dienone is 3. The molecule has 0 aliphatic heterocycles. The SMILES string of the molecule is C/C(=C\C=C\C(C)(C)O)c1cccc(C=Cc2ccc(CO[Si](C)(C)C(C)(C)C)c(CO[Si](C)(C)C(C)(C)C)c2)c1. The average molecular weight is 593 g/mol. The number of rotatable bonds is 11. The van der Waals surface area contributed by atoms with Crippen LogP contribution in [0.1, 0.15) is 90.1 Å². The number of aliphatic hydroxyl groups is 1. The van der Waals surface area contributed by atoms with E-state index in [-0.39, 0.29) is 10.1 Å². The molecule has 5 heteroatoms. The molecule has 2 aromatic rings. The van der Waals surface area contributed by atoms with Crippen LogP contribution < -0.4 is 0 Å². The molecule has 0 heterocycles. The lowest BCUT2D eigenvalue weighted by Gasteiger charge is -2.37. The smallest absolute Gasteiger partial charge is 0.192 e. The lowest BCUT2D eigenvalue weighted by molar-refractivity contribution is 0.133. The third-order valence-corrected chi connectivity index (χ3v) is 17.6. The second-order valence-corrected chi connectivity index (χ2v) is 24.6. The molecule has 0 radical (unpaired) electrons. The Labute approximate surface area is 253 Å². The summed E-state index contributed by atoms with van der Waals surface area (Å²) < 4.78 is 13.3. The first-order chi connectivity index (χ1) is 18.6. The summed E-state index contributed by atoms with van der Waals surface area (Å²) in [5.74, 6) is 0. The van der Waals surface area contributed by atoms with Crippen molar-refractivity contribution in [2.75, 3.05) is 0 Å². The summed E-state index contributed by atoms with van der Waals surface area (Å²) >= 11 is 0. The van der Waals surface area contributed by atoms with Crippen molar-refractivity contribution in [1.82, 2.24) is 0 Å². The van der Waals surface area contributed by atoms with Gasteiger partial charge in [-0.15, -0.1) is 0 Å². The second kappa shape index (κ2) is 13.5. The molecule has 2 rings (SSSR count). The highest BCUT2D eigenvalue weighted by molar-refractivity contribution is 6.74. The van der Waals surface area contributed by atoms with Gasteiger partial charge in [-0.25, -0.2) is 0 Å². The largest absolute Gasteiger partial charge is 0.413 e. The minimum Gasteiger partial charge on any atom is -0.413 e. The normalized spacial score (nSPS) is 14.4. The number of hydrogen-bond donors (Lipinski definition) is 1. The van der Waals surface area contributed by atoms with Gasteiger partial charge in [0.2, 0.25) is 0 Å². The first kappa shape index (κ1) is 35.2. The third-order valence-electron chi connectivity index (χ3n) is 8.68. The van der Waals surface area contributed by atoms with Gasteiger partial charge in [0, 0.05) is 0 Å². The molecule has 3 nitrogen and oxygen atoms in total. The molecule has 0 aliphatic rings. The zero-order chi connectivity index (χ0) is 31.3. The minimum absolute atomic E-state index is 0.157. The van der Waals surface area contributed by atoms with Gasteiger partial charge in [0.25, 0.3) is 0 Å². The molecule has 2 aromatic carbocycles. The Morgan fingerprint density at radius 1 is 0.732 bits per heavy atom. The molecule has 0 amide bonds. The molecular formula is C36H56O3Si2. The van der Waals surface area contributed by atoms with Crippen molar-refractivity contribution >= 4 is 34.4 Å². The Hall–Kier alpha value is -2.03. The van der Waals surface area contributed by atoms with Crippen LogP contribution in [0.2, 0.25) is 36.3 Å². The summed E-state index contributed by atoms with van der Waals surface area (Å²) in [5, 5.41) is 10.3. The molecule has 41 heavy (non-hydrogen) atoms. The van der Waals surface area contributed by atoms with Crippen LogP contribution in [0, 0.1) is 0 Å². The van der Waals surface area contributed by atoms with Gasteiger partial charge in [0.05, 0.1) is 18.8 Å². The average Bonchev–Trinajstić information content (AvgIpc) is 2.83. The van der Waals surface area contributed by atoms with E-state index >= 15 is 0 Å². The first-order valence-electron chi connectivity index (χ1n) is 14.9. The predicted octanol–water partition coefficient (Wildman–Crippen LogP) is 10.6. The molecule has 0 spiro atoms. The molecular weight excluding hydrogens is 537 g/mol. The van der Waals surface area contributed by atoms with Crippen LogP contribution in [0.3, 0.4) is 0 Å². The van der Waals surface area contributed by atoms with Crippen molar-refractivity contribution in [3.05, 3.63) is 88.5 Å². The second-order valence-electron chi connectivity index (χ2n) is 14.9. The highest BCUT2D eigenvalue weighted by atomic mass is 28.4. The summed E-state index contributed by atoms with van der Waals surface area (Å²) in [7, 11) is -3.77. The summed E-state index contributed by atoms with van der Waals surface area (Å²) in [6, 6.07) is 15.2. The van der Waals surface area contributed by atoms with Gasteiger partial charge in [0.15, 0.2) is 16.6 Å². The van der Waals surface area contributed by atoms with Crippen molar-refractivity contribution < 1.29 is 14.0 Å². The Balaban J connectivity index is 2.34. The van der Waals surface area contributed by atoms with E-state index < -0.39 is 22.2 Å². The van der Waals surface area contributed by atoms with Crippen LogP contribution in [-0.2, 0) is 22.1 Å². The van der Waals surface area contributed by atoms with Crippen LogP contribution in [0.5, 0.6) is 0 Å². The number of benzene rings is 2. The predicted molar refractivity (Wildman–Crippen MR) is 185 cm³/mol. The molecule has 226 valence electrons. The van der Waals surface area contributed by atoms with Crippen molar-refractivity contribution in [1.29, 1.82) is 0 Å². The number of hydrogen-bond acceptors (Lipinski definition) is 3. The van der Waals surface area contributed by atoms with Gasteiger partial charge < -0.3 is 14.0 Å². The van der Waals surface area contributed by atoms with Crippen LogP contribution in [0.25, 0.3) is 17.7 Å². The maximum absolute atomic E-state index is 9.93. The van der Waals surface area contributed by atoms with E-state index in [0.29, 0.717) is 13.2 Å². The topological polar surface area (TPSA) is 38.7 Å². The van der Waals surface area contributed by atoms with Crippen molar-refractivity contribution in [3.63, 3.8) is 0 Å². The van der Waals surface area contributed by atoms with E-state index in [1.54, 1.807) is 19.9 Å². The van der Waals surface area contributed by atoms with Crippen LogP contribution in [-0.4, -0.2) is 27.3 Å². The molecule has 0 bridgehead atoms. The highest BCUT2D eigenvalue weighted by Gasteiger charge is 2.38. The Bertz CT molecular complexity index is 1250. The van der Waals surface area contributed by atoms with Crippen LogP contribution in [0.4, 0.5) is 0 Å². The monoisotopic (exact) mass is 592 g/mol. The highest BCUT2D eigenvalue weighted by Crippen LogP contribution is 2.39. The van der Waals surface area contributed by atoms with Crippen molar-refractivity contribution in [3.8, 4) is 0 Å². The van der Waals surface area contributed by atoms with Gasteiger partial charge in [0.1, 0.15) is 0 Å². The molecule has 1 N–H and O–H groups in total. The quantitative estimate of drug-likeness (QED) is 0.160. The molecule has 0 fully saturated rings. The van der Waals surface area contributed by atoms with Crippen LogP contribution >= 0.6 is 0 Å². The maximum atomic E-state index is 9.93. The summed E-state index contributed by atoms with van der Waals surface area (Å²) in [5.41, 5.74) is 6.22. The molecule has 0 unspecified atom stereocenters. The van der Waals surface area contributed by atoms with Crippen molar-refractivity contribution in [2.45, 2.75) is 117 Å². The van der Waals surface area contributed by atoms with E-state index in [1.807, 2.05) is 12.2 Å². The fourth-order valence-corrected chi connectivity index (χ4v) is 5.48. The zero-order valence-electron chi connectivity index (χ0n) is 28.1. The lowest BCUT2D eigenvalue weighted by atomic mass is 10.0. The molecule has 0 aromatic heterocycles. The van der Waals surface area contributed by atoms with Crippen LogP contribution in [0.15, 0.2) is 60.7 Å². The third kappa shape index (κ3) is 11.0. The summed E-state index contributed by atoms with van der Waals surface area (Å²) in [6.07, 6.45) is 10.1. The van der Waals surface area contributed by atoms with Crippen molar-refractivity contribution in [2.24, 2.45) is 0 Å². The fraction of sp³-hybridized carbons (Fsp3) is 0.500. The Morgan fingerprint density at radius 3 is 1.76 bits per heavy atom. The molecule has 0 saturated heterocycles. The molecule has 0 atom stereocenters. The minimum atomic E-state index is -1.90. The van der Waals surface area contributed by atoms with E-state index in [9.17, 15) is 5.11 Å². The Kier molecular flexibility index (Phi) is 11.6. The van der Waals surface area contributed by atoms with E-state index in [4.69, 9.17) is 8.85 Å². The van der Waals surface area contributed by atoms with Gasteiger partial charge in [-0.3, -0.25) is 0 Å². The summed E-state index contributed by atoms with van der Waals surface area (Å²) in [6.45, 7) is 29.8. The first-order valence-corrected chi connectivity index (χ1v) is 20.7. The van der Waals surface area contributed by atoms with E-state index in [1.165, 1.54) is 11.1 Å². The maximum Gasteiger partial charge on any atom is 0.192 e. The Morgan fingerprint density at radius 2 is 1.24 bits per heavy atom. The molecule has 0 aliphatic carbocycles. The zero-order valence-corrected chi connectivity index (χ0v) is 30.1. The van der Waals surface area contributed by atoms with Gasteiger partial charge in [-0.1, -0.05) is 102 Å². The molecule has 0 saturated carbocycles. The standard InChI is InChI=1S/C36H56O3Si2/c1-28(16-15-23-36(8,9)37)31-18-14-17-29(24-31)19-20-30-21-22-32(26-38-40(10,11)34(2,3)4)33(25-30)27-39-41(12,13)35(5,6)7/h14-25,37H,26-27H2,1-13H3/b20-19?,23-15+,28-16+. The summed E-state index contributed by atoms with van der Waals surface area (Å²) in [4.78, 5) is 0. The van der Waals surface area contributed by atoms with Gasteiger partial charge in [-0.2, -0.15) is 0 Å². The van der Waals surface area contributed by atoms with E-state index in [0.717, 1.165) is 22.3 Å². The fourth-order valence-electron chi connectivity index (χ4n) is 3.58.